The van der Waals surface area contributed by atoms with Gasteiger partial charge in [0.05, 0.1) is 6.61 Å². The molecule has 0 aliphatic carbocycles. The summed E-state index contributed by atoms with van der Waals surface area (Å²) in [4.78, 5) is 0. The van der Waals surface area contributed by atoms with Crippen molar-refractivity contribution >= 4 is 0 Å². The third kappa shape index (κ3) is 8.34. The van der Waals surface area contributed by atoms with Crippen LogP contribution in [0.3, 0.4) is 0 Å². The summed E-state index contributed by atoms with van der Waals surface area (Å²) in [6.07, 6.45) is 5.16. The Labute approximate surface area is 124 Å². The molecule has 114 valence electrons. The average molecular weight is 277 g/mol. The molecule has 1 atom stereocenters. The summed E-state index contributed by atoms with van der Waals surface area (Å²) in [5.74, 6) is 1.54. The van der Waals surface area contributed by atoms with Gasteiger partial charge >= 0.3 is 0 Å². The van der Waals surface area contributed by atoms with Crippen LogP contribution in [0.4, 0.5) is 0 Å². The molecule has 0 radical (unpaired) electrons. The van der Waals surface area contributed by atoms with Crippen molar-refractivity contribution in [2.24, 2.45) is 11.8 Å². The second kappa shape index (κ2) is 10.9. The molecule has 0 heterocycles. The Morgan fingerprint density at radius 3 is 2.50 bits per heavy atom. The number of hydrogen-bond donors (Lipinski definition) is 1. The SMILES string of the molecule is COCCNCC(CCCC(C)C)Cc1ccccc1. The minimum absolute atomic E-state index is 0.730. The van der Waals surface area contributed by atoms with Crippen LogP contribution in [0.2, 0.25) is 0 Å². The summed E-state index contributed by atoms with van der Waals surface area (Å²) >= 11 is 0. The molecule has 0 saturated heterocycles. The van der Waals surface area contributed by atoms with Crippen molar-refractivity contribution in [2.75, 3.05) is 26.8 Å². The summed E-state index contributed by atoms with van der Waals surface area (Å²) in [6, 6.07) is 10.8. The molecule has 0 saturated carbocycles. The van der Waals surface area contributed by atoms with Crippen LogP contribution in [0.5, 0.6) is 0 Å². The molecule has 1 unspecified atom stereocenters. The first kappa shape index (κ1) is 17.2. The van der Waals surface area contributed by atoms with Gasteiger partial charge in [0.25, 0.3) is 0 Å². The molecular formula is C18H31NO. The zero-order valence-corrected chi connectivity index (χ0v) is 13.4. The highest BCUT2D eigenvalue weighted by atomic mass is 16.5. The molecular weight excluding hydrogens is 246 g/mol. The smallest absolute Gasteiger partial charge is 0.0587 e. The van der Waals surface area contributed by atoms with E-state index in [0.29, 0.717) is 0 Å². The van der Waals surface area contributed by atoms with Gasteiger partial charge in [-0.15, -0.1) is 0 Å². The Bertz CT molecular complexity index is 323. The van der Waals surface area contributed by atoms with E-state index in [1.165, 1.54) is 31.2 Å². The minimum atomic E-state index is 0.730. The number of methoxy groups -OCH3 is 1. The van der Waals surface area contributed by atoms with Gasteiger partial charge in [0.2, 0.25) is 0 Å². The fourth-order valence-corrected chi connectivity index (χ4v) is 2.52. The van der Waals surface area contributed by atoms with Gasteiger partial charge in [-0.05, 0) is 36.8 Å². The normalized spacial score (nSPS) is 12.8. The van der Waals surface area contributed by atoms with Crippen LogP contribution in [0.1, 0.15) is 38.7 Å². The summed E-state index contributed by atoms with van der Waals surface area (Å²) < 4.78 is 5.09. The number of ether oxygens (including phenoxy) is 1. The lowest BCUT2D eigenvalue weighted by molar-refractivity contribution is 0.197. The molecule has 0 aliphatic heterocycles. The molecule has 0 fully saturated rings. The molecule has 0 amide bonds. The maximum absolute atomic E-state index is 5.09. The van der Waals surface area contributed by atoms with Crippen LogP contribution in [-0.4, -0.2) is 26.8 Å². The molecule has 2 heteroatoms. The molecule has 2 nitrogen and oxygen atoms in total. The maximum atomic E-state index is 5.09. The van der Waals surface area contributed by atoms with E-state index in [-0.39, 0.29) is 0 Å². The monoisotopic (exact) mass is 277 g/mol. The Hall–Kier alpha value is -0.860. The van der Waals surface area contributed by atoms with E-state index in [1.807, 2.05) is 0 Å². The van der Waals surface area contributed by atoms with Gasteiger partial charge in [0.15, 0.2) is 0 Å². The molecule has 0 spiro atoms. The van der Waals surface area contributed by atoms with Gasteiger partial charge in [-0.1, -0.05) is 57.0 Å². The quantitative estimate of drug-likeness (QED) is 0.619. The van der Waals surface area contributed by atoms with Crippen LogP contribution in [0.25, 0.3) is 0 Å². The first-order valence-corrected chi connectivity index (χ1v) is 7.96. The summed E-state index contributed by atoms with van der Waals surface area (Å²) in [7, 11) is 1.76. The lowest BCUT2D eigenvalue weighted by atomic mass is 9.92. The van der Waals surface area contributed by atoms with E-state index < -0.39 is 0 Å². The zero-order chi connectivity index (χ0) is 14.6. The average Bonchev–Trinajstić information content (AvgIpc) is 2.44. The molecule has 1 aromatic carbocycles. The fourth-order valence-electron chi connectivity index (χ4n) is 2.52. The van der Waals surface area contributed by atoms with Crippen LogP contribution >= 0.6 is 0 Å². The lowest BCUT2D eigenvalue weighted by Crippen LogP contribution is -2.27. The van der Waals surface area contributed by atoms with E-state index >= 15 is 0 Å². The topological polar surface area (TPSA) is 21.3 Å². The third-order valence-corrected chi connectivity index (χ3v) is 3.68. The first-order valence-electron chi connectivity index (χ1n) is 7.96. The van der Waals surface area contributed by atoms with Gasteiger partial charge in [-0.2, -0.15) is 0 Å². The summed E-state index contributed by atoms with van der Waals surface area (Å²) in [5, 5.41) is 3.52. The maximum Gasteiger partial charge on any atom is 0.0587 e. The predicted octanol–water partition coefficient (Wildman–Crippen LogP) is 3.91. The summed E-state index contributed by atoms with van der Waals surface area (Å²) in [6.45, 7) is 7.46. The molecule has 1 rings (SSSR count). The van der Waals surface area contributed by atoms with Crippen molar-refractivity contribution in [1.82, 2.24) is 5.32 Å². The van der Waals surface area contributed by atoms with Crippen molar-refractivity contribution in [3.8, 4) is 0 Å². The Balaban J connectivity index is 2.37. The largest absolute Gasteiger partial charge is 0.383 e. The van der Waals surface area contributed by atoms with Crippen molar-refractivity contribution in [2.45, 2.75) is 39.5 Å². The van der Waals surface area contributed by atoms with Gasteiger partial charge in [0.1, 0.15) is 0 Å². The molecule has 0 bridgehead atoms. The van der Waals surface area contributed by atoms with Gasteiger partial charge in [0, 0.05) is 13.7 Å². The Morgan fingerprint density at radius 2 is 1.85 bits per heavy atom. The highest BCUT2D eigenvalue weighted by Crippen LogP contribution is 2.17. The highest BCUT2D eigenvalue weighted by Gasteiger charge is 2.10. The zero-order valence-electron chi connectivity index (χ0n) is 13.4. The van der Waals surface area contributed by atoms with Crippen LogP contribution in [-0.2, 0) is 11.2 Å². The van der Waals surface area contributed by atoms with Crippen molar-refractivity contribution < 1.29 is 4.74 Å². The van der Waals surface area contributed by atoms with Crippen LogP contribution < -0.4 is 5.32 Å². The van der Waals surface area contributed by atoms with Crippen molar-refractivity contribution in [1.29, 1.82) is 0 Å². The second-order valence-electron chi connectivity index (χ2n) is 6.08. The number of hydrogen-bond acceptors (Lipinski definition) is 2. The number of benzene rings is 1. The highest BCUT2D eigenvalue weighted by molar-refractivity contribution is 5.15. The van der Waals surface area contributed by atoms with Gasteiger partial charge < -0.3 is 10.1 Å². The van der Waals surface area contributed by atoms with E-state index in [9.17, 15) is 0 Å². The van der Waals surface area contributed by atoms with Crippen molar-refractivity contribution in [3.05, 3.63) is 35.9 Å². The van der Waals surface area contributed by atoms with Crippen LogP contribution in [0, 0.1) is 11.8 Å². The van der Waals surface area contributed by atoms with Crippen LogP contribution in [0.15, 0.2) is 30.3 Å². The second-order valence-corrected chi connectivity index (χ2v) is 6.08. The van der Waals surface area contributed by atoms with E-state index in [2.05, 4.69) is 49.5 Å². The molecule has 1 aromatic rings. The third-order valence-electron chi connectivity index (χ3n) is 3.68. The lowest BCUT2D eigenvalue weighted by Gasteiger charge is -2.18. The summed E-state index contributed by atoms with van der Waals surface area (Å²) in [5.41, 5.74) is 1.45. The number of nitrogens with one attached hydrogen (secondary N) is 1. The molecule has 0 aliphatic rings. The molecule has 0 aromatic heterocycles. The minimum Gasteiger partial charge on any atom is -0.383 e. The van der Waals surface area contributed by atoms with Gasteiger partial charge in [-0.3, -0.25) is 0 Å². The fraction of sp³-hybridized carbons (Fsp3) is 0.667. The standard InChI is InChI=1S/C18H31NO/c1-16(2)8-7-11-18(15-19-12-13-20-3)14-17-9-5-4-6-10-17/h4-6,9-10,16,18-19H,7-8,11-15H2,1-3H3. The Morgan fingerprint density at radius 1 is 1.10 bits per heavy atom. The van der Waals surface area contributed by atoms with E-state index in [1.54, 1.807) is 7.11 Å². The van der Waals surface area contributed by atoms with E-state index in [0.717, 1.165) is 31.5 Å². The first-order chi connectivity index (χ1) is 9.72. The molecule has 1 N–H and O–H groups in total. The molecule has 20 heavy (non-hydrogen) atoms. The van der Waals surface area contributed by atoms with E-state index in [4.69, 9.17) is 4.74 Å². The van der Waals surface area contributed by atoms with Gasteiger partial charge in [-0.25, -0.2) is 0 Å². The Kier molecular flexibility index (Phi) is 9.35. The number of rotatable bonds is 11. The predicted molar refractivity (Wildman–Crippen MR) is 87.1 cm³/mol. The van der Waals surface area contributed by atoms with Crippen molar-refractivity contribution in [3.63, 3.8) is 0 Å².